The van der Waals surface area contributed by atoms with Crippen LogP contribution in [0.1, 0.15) is 18.5 Å². The maximum absolute atomic E-state index is 13.4. The van der Waals surface area contributed by atoms with Gasteiger partial charge in [0.05, 0.1) is 22.8 Å². The Morgan fingerprint density at radius 2 is 1.90 bits per heavy atom. The molecule has 3 aromatic heterocycles. The Hall–Kier alpha value is -3.35. The molecule has 158 valence electrons. The van der Waals surface area contributed by atoms with Crippen LogP contribution in [0.4, 0.5) is 20.3 Å². The fraction of sp³-hybridized carbons (Fsp3) is 0.292. The molecule has 1 saturated carbocycles. The molecule has 5 nitrogen and oxygen atoms in total. The van der Waals surface area contributed by atoms with Crippen LogP contribution >= 0.6 is 0 Å². The Bertz CT molecular complexity index is 1210. The van der Waals surface area contributed by atoms with Gasteiger partial charge >= 0.3 is 0 Å². The third-order valence-corrected chi connectivity index (χ3v) is 6.26. The van der Waals surface area contributed by atoms with Crippen LogP contribution in [0.5, 0.6) is 0 Å². The Morgan fingerprint density at radius 3 is 2.58 bits per heavy atom. The molecule has 31 heavy (non-hydrogen) atoms. The molecule has 1 N–H and O–H groups in total. The number of nitrogens with zero attached hydrogens (tertiary/aromatic N) is 4. The minimum absolute atomic E-state index is 0.553. The van der Waals surface area contributed by atoms with E-state index in [-0.39, 0.29) is 0 Å². The molecule has 4 heterocycles. The number of nitrogens with one attached hydrogen (secondary N) is 1. The van der Waals surface area contributed by atoms with Gasteiger partial charge in [0.2, 0.25) is 6.43 Å². The fourth-order valence-corrected chi connectivity index (χ4v) is 4.10. The molecule has 2 aliphatic rings. The van der Waals surface area contributed by atoms with Crippen molar-refractivity contribution in [3.8, 4) is 11.1 Å². The smallest absolute Gasteiger partial charge is 0.248 e. The van der Waals surface area contributed by atoms with Crippen LogP contribution in [-0.2, 0) is 0 Å². The summed E-state index contributed by atoms with van der Waals surface area (Å²) < 4.78 is 26.8. The van der Waals surface area contributed by atoms with Gasteiger partial charge < -0.3 is 10.2 Å². The second-order valence-electron chi connectivity index (χ2n) is 8.15. The molecule has 0 spiro atoms. The number of anilines is 2. The van der Waals surface area contributed by atoms with E-state index in [1.54, 1.807) is 6.20 Å². The van der Waals surface area contributed by atoms with E-state index in [1.165, 1.54) is 0 Å². The molecule has 5 rings (SSSR count). The molecular weight excluding hydrogens is 396 g/mol. The second kappa shape index (κ2) is 7.41. The summed E-state index contributed by atoms with van der Waals surface area (Å²) in [6.07, 6.45) is 9.92. The van der Waals surface area contributed by atoms with Crippen molar-refractivity contribution in [1.29, 1.82) is 0 Å². The quantitative estimate of drug-likeness (QED) is 0.604. The standard InChI is InChI=1S/C24H23F2N5/c1-15-20(16-9-17-13-30-22(27-2)11-21(17)29-12-16)10-19(14-28-15)31-7-3-18(4-8-31)24(5-6-24)23(25)26/h3-4,7,9-14,23H,5-6,8H2,1-2H3,(H,27,30). The molecule has 0 unspecified atom stereocenters. The van der Waals surface area contributed by atoms with Gasteiger partial charge in [0.15, 0.2) is 0 Å². The van der Waals surface area contributed by atoms with Crippen LogP contribution in [0.3, 0.4) is 0 Å². The van der Waals surface area contributed by atoms with Crippen molar-refractivity contribution in [3.63, 3.8) is 0 Å². The van der Waals surface area contributed by atoms with E-state index in [1.807, 2.05) is 55.7 Å². The first-order valence-corrected chi connectivity index (χ1v) is 10.3. The number of halogens is 2. The monoisotopic (exact) mass is 419 g/mol. The summed E-state index contributed by atoms with van der Waals surface area (Å²) in [6.45, 7) is 2.52. The number of allylic oxidation sites excluding steroid dienone is 2. The highest BCUT2D eigenvalue weighted by atomic mass is 19.3. The summed E-state index contributed by atoms with van der Waals surface area (Å²) in [6, 6.07) is 6.05. The third-order valence-electron chi connectivity index (χ3n) is 6.26. The normalized spacial score (nSPS) is 17.2. The average Bonchev–Trinajstić information content (AvgIpc) is 3.61. The molecule has 0 radical (unpaired) electrons. The van der Waals surface area contributed by atoms with Crippen molar-refractivity contribution in [2.24, 2.45) is 5.41 Å². The molecule has 0 atom stereocenters. The molecule has 1 aliphatic heterocycles. The number of hydrogen-bond donors (Lipinski definition) is 1. The lowest BCUT2D eigenvalue weighted by atomic mass is 9.94. The van der Waals surface area contributed by atoms with Crippen LogP contribution < -0.4 is 10.2 Å². The van der Waals surface area contributed by atoms with Gasteiger partial charge in [-0.1, -0.05) is 6.08 Å². The zero-order valence-electron chi connectivity index (χ0n) is 17.4. The maximum Gasteiger partial charge on any atom is 0.248 e. The van der Waals surface area contributed by atoms with Gasteiger partial charge in [-0.2, -0.15) is 0 Å². The van der Waals surface area contributed by atoms with Gasteiger partial charge in [0.1, 0.15) is 5.82 Å². The summed E-state index contributed by atoms with van der Waals surface area (Å²) in [4.78, 5) is 15.6. The highest BCUT2D eigenvalue weighted by Crippen LogP contribution is 2.57. The first-order chi connectivity index (χ1) is 15.0. The minimum atomic E-state index is -2.30. The number of rotatable bonds is 5. The zero-order chi connectivity index (χ0) is 21.6. The van der Waals surface area contributed by atoms with E-state index in [0.29, 0.717) is 19.4 Å². The highest BCUT2D eigenvalue weighted by molar-refractivity contribution is 5.85. The highest BCUT2D eigenvalue weighted by Gasteiger charge is 2.53. The summed E-state index contributed by atoms with van der Waals surface area (Å²) in [5.74, 6) is 0.775. The summed E-state index contributed by atoms with van der Waals surface area (Å²) >= 11 is 0. The molecule has 0 saturated heterocycles. The molecule has 7 heteroatoms. The Labute approximate surface area is 179 Å². The van der Waals surface area contributed by atoms with Gasteiger partial charge in [0.25, 0.3) is 0 Å². The van der Waals surface area contributed by atoms with Crippen LogP contribution in [0.15, 0.2) is 60.7 Å². The molecule has 0 amide bonds. The molecule has 3 aromatic rings. The van der Waals surface area contributed by atoms with Gasteiger partial charge in [0, 0.05) is 60.5 Å². The fourth-order valence-electron chi connectivity index (χ4n) is 4.10. The summed E-state index contributed by atoms with van der Waals surface area (Å²) in [5, 5.41) is 3.97. The lowest BCUT2D eigenvalue weighted by Crippen LogP contribution is -2.23. The number of pyridine rings is 3. The number of hydrogen-bond acceptors (Lipinski definition) is 5. The lowest BCUT2D eigenvalue weighted by molar-refractivity contribution is 0.0828. The van der Waals surface area contributed by atoms with Crippen LogP contribution in [-0.4, -0.2) is 35.0 Å². The molecule has 1 fully saturated rings. The maximum atomic E-state index is 13.4. The lowest BCUT2D eigenvalue weighted by Gasteiger charge is -2.26. The van der Waals surface area contributed by atoms with Crippen molar-refractivity contribution in [3.05, 3.63) is 66.4 Å². The second-order valence-corrected chi connectivity index (χ2v) is 8.15. The number of alkyl halides is 2. The van der Waals surface area contributed by atoms with E-state index >= 15 is 0 Å². The number of aromatic nitrogens is 3. The van der Waals surface area contributed by atoms with Gasteiger partial charge in [-0.3, -0.25) is 9.97 Å². The molecular formula is C24H23F2N5. The van der Waals surface area contributed by atoms with Crippen LogP contribution in [0.2, 0.25) is 0 Å². The Morgan fingerprint density at radius 1 is 1.06 bits per heavy atom. The molecule has 0 bridgehead atoms. The predicted molar refractivity (Wildman–Crippen MR) is 119 cm³/mol. The number of fused-ring (bicyclic) bond motifs is 1. The van der Waals surface area contributed by atoms with E-state index in [2.05, 4.69) is 32.4 Å². The van der Waals surface area contributed by atoms with Crippen molar-refractivity contribution < 1.29 is 8.78 Å². The van der Waals surface area contributed by atoms with E-state index in [0.717, 1.165) is 44.8 Å². The van der Waals surface area contributed by atoms with Crippen molar-refractivity contribution in [1.82, 2.24) is 15.0 Å². The van der Waals surface area contributed by atoms with E-state index in [4.69, 9.17) is 0 Å². The van der Waals surface area contributed by atoms with Gasteiger partial charge in [-0.15, -0.1) is 0 Å². The van der Waals surface area contributed by atoms with Crippen molar-refractivity contribution >= 4 is 22.4 Å². The predicted octanol–water partition coefficient (Wildman–Crippen LogP) is 5.35. The van der Waals surface area contributed by atoms with Gasteiger partial charge in [-0.05, 0) is 43.5 Å². The summed E-state index contributed by atoms with van der Waals surface area (Å²) in [5.41, 5.74) is 4.47. The molecule has 0 aromatic carbocycles. The van der Waals surface area contributed by atoms with E-state index < -0.39 is 11.8 Å². The Kier molecular flexibility index (Phi) is 4.68. The van der Waals surface area contributed by atoms with Crippen LogP contribution in [0.25, 0.3) is 22.0 Å². The SMILES string of the molecule is CNc1cc2ncc(-c3cc(N4C=CC(C5(C(F)F)CC5)=CC4)cnc3C)cc2cn1. The largest absolute Gasteiger partial charge is 0.373 e. The van der Waals surface area contributed by atoms with Crippen LogP contribution in [0, 0.1) is 12.3 Å². The van der Waals surface area contributed by atoms with Crippen molar-refractivity contribution in [2.75, 3.05) is 23.8 Å². The topological polar surface area (TPSA) is 53.9 Å². The minimum Gasteiger partial charge on any atom is -0.373 e. The number of aryl methyl sites for hydroxylation is 1. The van der Waals surface area contributed by atoms with E-state index in [9.17, 15) is 8.78 Å². The molecule has 1 aliphatic carbocycles. The summed E-state index contributed by atoms with van der Waals surface area (Å²) in [7, 11) is 1.83. The Balaban J connectivity index is 1.43. The first kappa shape index (κ1) is 19.6. The van der Waals surface area contributed by atoms with Gasteiger partial charge in [-0.25, -0.2) is 13.8 Å². The first-order valence-electron chi connectivity index (χ1n) is 10.3. The van der Waals surface area contributed by atoms with Crippen molar-refractivity contribution in [2.45, 2.75) is 26.2 Å². The zero-order valence-corrected chi connectivity index (χ0v) is 17.4. The third kappa shape index (κ3) is 3.44. The average molecular weight is 419 g/mol.